The Morgan fingerprint density at radius 1 is 1.44 bits per heavy atom. The number of rotatable bonds is 3. The van der Waals surface area contributed by atoms with E-state index in [-0.39, 0.29) is 28.3 Å². The number of benzene rings is 1. The Hall–Kier alpha value is -1.34. The van der Waals surface area contributed by atoms with E-state index in [1.165, 1.54) is 12.1 Å². The van der Waals surface area contributed by atoms with E-state index >= 15 is 0 Å². The molecule has 8 heteroatoms. The zero-order valence-corrected chi connectivity index (χ0v) is 10.9. The lowest BCUT2D eigenvalue weighted by atomic mass is 10.2. The third kappa shape index (κ3) is 2.73. The number of halogens is 1. The maximum atomic E-state index is 11.3. The molecule has 1 fully saturated rings. The van der Waals surface area contributed by atoms with E-state index in [4.69, 9.17) is 11.6 Å². The first-order chi connectivity index (χ1) is 8.39. The molecule has 6 nitrogen and oxygen atoms in total. The Morgan fingerprint density at radius 3 is 2.72 bits per heavy atom. The van der Waals surface area contributed by atoms with Crippen molar-refractivity contribution < 1.29 is 13.3 Å². The smallest absolute Gasteiger partial charge is 0.289 e. The van der Waals surface area contributed by atoms with Crippen LogP contribution in [0.3, 0.4) is 0 Å². The number of sulfone groups is 1. The Bertz CT molecular complexity index is 588. The summed E-state index contributed by atoms with van der Waals surface area (Å²) in [5.41, 5.74) is 0.204. The first-order valence-electron chi connectivity index (χ1n) is 5.29. The lowest BCUT2D eigenvalue weighted by Gasteiger charge is -2.13. The highest BCUT2D eigenvalue weighted by molar-refractivity contribution is 7.91. The highest BCUT2D eigenvalue weighted by Gasteiger charge is 2.28. The summed E-state index contributed by atoms with van der Waals surface area (Å²) in [5.74, 6) is 0.170. The van der Waals surface area contributed by atoms with Crippen molar-refractivity contribution in [3.8, 4) is 0 Å². The van der Waals surface area contributed by atoms with Gasteiger partial charge >= 0.3 is 0 Å². The van der Waals surface area contributed by atoms with Crippen LogP contribution < -0.4 is 5.32 Å². The van der Waals surface area contributed by atoms with Gasteiger partial charge in [-0.25, -0.2) is 8.42 Å². The molecule has 0 spiro atoms. The number of nitro groups is 1. The van der Waals surface area contributed by atoms with E-state index in [1.807, 2.05) is 0 Å². The molecule has 0 radical (unpaired) electrons. The molecule has 0 aliphatic carbocycles. The van der Waals surface area contributed by atoms with E-state index in [2.05, 4.69) is 5.32 Å². The fraction of sp³-hybridized carbons (Fsp3) is 0.400. The number of nitrogens with zero attached hydrogens (tertiary/aromatic N) is 1. The van der Waals surface area contributed by atoms with Crippen LogP contribution in [0.25, 0.3) is 0 Å². The second-order valence-electron chi connectivity index (χ2n) is 4.14. The summed E-state index contributed by atoms with van der Waals surface area (Å²) in [6.45, 7) is 0. The summed E-state index contributed by atoms with van der Waals surface area (Å²) < 4.78 is 22.6. The highest BCUT2D eigenvalue weighted by Crippen LogP contribution is 2.32. The standard InChI is InChI=1S/C10H11ClN2O4S/c11-10-8(2-1-3-9(10)13(14)15)12-7-4-5-18(16,17)6-7/h1-3,7,12H,4-6H2. The molecular formula is C10H11ClN2O4S. The fourth-order valence-corrected chi connectivity index (χ4v) is 3.82. The first kappa shape index (κ1) is 13.1. The Labute approximate surface area is 109 Å². The van der Waals surface area contributed by atoms with Crippen molar-refractivity contribution in [3.05, 3.63) is 33.3 Å². The topological polar surface area (TPSA) is 89.3 Å². The van der Waals surface area contributed by atoms with Crippen molar-refractivity contribution in [2.24, 2.45) is 0 Å². The lowest BCUT2D eigenvalue weighted by molar-refractivity contribution is -0.384. The minimum atomic E-state index is -2.99. The summed E-state index contributed by atoms with van der Waals surface area (Å²) in [7, 11) is -2.99. The lowest BCUT2D eigenvalue weighted by Crippen LogP contribution is -2.20. The maximum Gasteiger partial charge on any atom is 0.289 e. The molecule has 0 bridgehead atoms. The normalized spacial score (nSPS) is 21.7. The summed E-state index contributed by atoms with van der Waals surface area (Å²) in [6.07, 6.45) is 0.487. The van der Waals surface area contributed by atoms with Crippen LogP contribution in [-0.2, 0) is 9.84 Å². The van der Waals surface area contributed by atoms with Crippen LogP contribution in [0.5, 0.6) is 0 Å². The van der Waals surface area contributed by atoms with E-state index in [1.54, 1.807) is 6.07 Å². The van der Waals surface area contributed by atoms with E-state index in [9.17, 15) is 18.5 Å². The second-order valence-corrected chi connectivity index (χ2v) is 6.75. The molecule has 18 heavy (non-hydrogen) atoms. The van der Waals surface area contributed by atoms with Crippen molar-refractivity contribution in [1.29, 1.82) is 0 Å². The minimum absolute atomic E-state index is 0.00629. The van der Waals surface area contributed by atoms with Crippen LogP contribution in [0.4, 0.5) is 11.4 Å². The van der Waals surface area contributed by atoms with Crippen LogP contribution in [0.2, 0.25) is 5.02 Å². The van der Waals surface area contributed by atoms with Crippen molar-refractivity contribution in [3.63, 3.8) is 0 Å². The molecule has 0 saturated carbocycles. The Kier molecular flexibility index (Phi) is 3.45. The molecule has 1 saturated heterocycles. The third-order valence-corrected chi connectivity index (χ3v) is 4.93. The molecule has 0 aromatic heterocycles. The maximum absolute atomic E-state index is 11.3. The Balaban J connectivity index is 2.20. The van der Waals surface area contributed by atoms with Gasteiger partial charge < -0.3 is 5.32 Å². The second kappa shape index (κ2) is 4.74. The van der Waals surface area contributed by atoms with E-state index < -0.39 is 14.8 Å². The van der Waals surface area contributed by atoms with Crippen LogP contribution in [0, 0.1) is 10.1 Å². The van der Waals surface area contributed by atoms with Crippen LogP contribution in [0.1, 0.15) is 6.42 Å². The quantitative estimate of drug-likeness (QED) is 0.678. The number of hydrogen-bond donors (Lipinski definition) is 1. The molecule has 1 atom stereocenters. The van der Waals surface area contributed by atoms with Crippen molar-refractivity contribution in [2.75, 3.05) is 16.8 Å². The molecule has 2 rings (SSSR count). The molecule has 1 N–H and O–H groups in total. The molecule has 1 heterocycles. The average Bonchev–Trinajstić information content (AvgIpc) is 2.61. The summed E-state index contributed by atoms with van der Waals surface area (Å²) in [4.78, 5) is 10.1. The third-order valence-electron chi connectivity index (χ3n) is 2.77. The van der Waals surface area contributed by atoms with Crippen LogP contribution in [-0.4, -0.2) is 30.9 Å². The summed E-state index contributed by atoms with van der Waals surface area (Å²) >= 11 is 5.90. The van der Waals surface area contributed by atoms with E-state index in [0.717, 1.165) is 0 Å². The van der Waals surface area contributed by atoms with Gasteiger partial charge in [-0.05, 0) is 12.5 Å². The predicted octanol–water partition coefficient (Wildman–Crippen LogP) is 1.85. The van der Waals surface area contributed by atoms with Gasteiger partial charge in [0.05, 0.1) is 22.1 Å². The zero-order chi connectivity index (χ0) is 13.3. The highest BCUT2D eigenvalue weighted by atomic mass is 35.5. The zero-order valence-electron chi connectivity index (χ0n) is 9.30. The van der Waals surface area contributed by atoms with Gasteiger partial charge in [-0.1, -0.05) is 17.7 Å². The minimum Gasteiger partial charge on any atom is -0.380 e. The number of nitro benzene ring substituents is 1. The van der Waals surface area contributed by atoms with Gasteiger partial charge in [-0.2, -0.15) is 0 Å². The fourth-order valence-electron chi connectivity index (χ4n) is 1.90. The molecule has 98 valence electrons. The Morgan fingerprint density at radius 2 is 2.17 bits per heavy atom. The number of hydrogen-bond acceptors (Lipinski definition) is 5. The number of anilines is 1. The molecule has 1 unspecified atom stereocenters. The van der Waals surface area contributed by atoms with Gasteiger partial charge in [0.2, 0.25) is 0 Å². The first-order valence-corrected chi connectivity index (χ1v) is 7.49. The van der Waals surface area contributed by atoms with E-state index in [0.29, 0.717) is 12.1 Å². The van der Waals surface area contributed by atoms with Crippen molar-refractivity contribution in [1.82, 2.24) is 0 Å². The number of nitrogens with one attached hydrogen (secondary N) is 1. The van der Waals surface area contributed by atoms with Gasteiger partial charge in [0.15, 0.2) is 9.84 Å². The molecule has 0 amide bonds. The molecule has 1 aromatic carbocycles. The predicted molar refractivity (Wildman–Crippen MR) is 68.8 cm³/mol. The molecule has 1 aliphatic heterocycles. The van der Waals surface area contributed by atoms with Gasteiger partial charge in [0.25, 0.3) is 5.69 Å². The largest absolute Gasteiger partial charge is 0.380 e. The SMILES string of the molecule is O=[N+]([O-])c1cccc(NC2CCS(=O)(=O)C2)c1Cl. The summed E-state index contributed by atoms with van der Waals surface area (Å²) in [5, 5.41) is 13.7. The van der Waals surface area contributed by atoms with Crippen molar-refractivity contribution >= 4 is 32.8 Å². The van der Waals surface area contributed by atoms with Gasteiger partial charge in [0, 0.05) is 12.1 Å². The average molecular weight is 291 g/mol. The van der Waals surface area contributed by atoms with Gasteiger partial charge in [0.1, 0.15) is 5.02 Å². The monoisotopic (exact) mass is 290 g/mol. The van der Waals surface area contributed by atoms with Crippen LogP contribution >= 0.6 is 11.6 Å². The molecule has 1 aromatic rings. The van der Waals surface area contributed by atoms with Crippen LogP contribution in [0.15, 0.2) is 18.2 Å². The van der Waals surface area contributed by atoms with Crippen molar-refractivity contribution in [2.45, 2.75) is 12.5 Å². The molecular weight excluding hydrogens is 280 g/mol. The summed E-state index contributed by atoms with van der Waals surface area (Å²) in [6, 6.07) is 4.17. The van der Waals surface area contributed by atoms with Gasteiger partial charge in [-0.15, -0.1) is 0 Å². The van der Waals surface area contributed by atoms with Gasteiger partial charge in [-0.3, -0.25) is 10.1 Å². The molecule has 1 aliphatic rings.